The zero-order valence-electron chi connectivity index (χ0n) is 16.2. The Kier molecular flexibility index (Phi) is 4.57. The molecule has 0 amide bonds. The minimum Gasteiger partial charge on any atom is -0.493 e. The molecule has 0 N–H and O–H groups in total. The molecule has 5 nitrogen and oxygen atoms in total. The number of pyridine rings is 1. The Morgan fingerprint density at radius 2 is 2.04 bits per heavy atom. The number of hydrogen-bond donors (Lipinski definition) is 0. The van der Waals surface area contributed by atoms with Crippen LogP contribution < -0.4 is 19.8 Å². The minimum atomic E-state index is -0.477. The second-order valence-electron chi connectivity index (χ2n) is 7.23. The largest absolute Gasteiger partial charge is 0.493 e. The van der Waals surface area contributed by atoms with Gasteiger partial charge in [0, 0.05) is 12.4 Å². The third-order valence-corrected chi connectivity index (χ3v) is 4.41. The van der Waals surface area contributed by atoms with E-state index in [0.29, 0.717) is 34.9 Å². The number of aryl methyl sites for hydroxylation is 1. The van der Waals surface area contributed by atoms with Crippen LogP contribution >= 0.6 is 0 Å². The van der Waals surface area contributed by atoms with Gasteiger partial charge in [-0.2, -0.15) is 0 Å². The van der Waals surface area contributed by atoms with E-state index in [1.54, 1.807) is 18.7 Å². The summed E-state index contributed by atoms with van der Waals surface area (Å²) < 4.78 is 19.2. The number of aromatic nitrogens is 1. The van der Waals surface area contributed by atoms with Crippen molar-refractivity contribution >= 4 is 17.0 Å². The lowest BCUT2D eigenvalue weighted by atomic mass is 10.0. The second-order valence-corrected chi connectivity index (χ2v) is 7.23. The van der Waals surface area contributed by atoms with Crippen LogP contribution in [-0.2, 0) is 7.05 Å². The van der Waals surface area contributed by atoms with E-state index < -0.39 is 5.60 Å². The van der Waals surface area contributed by atoms with E-state index in [4.69, 9.17) is 14.2 Å². The fraction of sp³-hybridized carbons (Fsp3) is 0.381. The van der Waals surface area contributed by atoms with Gasteiger partial charge in [0.2, 0.25) is 0 Å². The molecular weight excluding hydrogens is 330 g/mol. The van der Waals surface area contributed by atoms with Gasteiger partial charge >= 0.3 is 0 Å². The Labute approximate surface area is 153 Å². The van der Waals surface area contributed by atoms with E-state index in [-0.39, 0.29) is 5.56 Å². The van der Waals surface area contributed by atoms with E-state index in [1.165, 1.54) is 0 Å². The summed E-state index contributed by atoms with van der Waals surface area (Å²) >= 11 is 0. The molecule has 138 valence electrons. The molecule has 1 aliphatic rings. The normalized spacial score (nSPS) is 14.5. The van der Waals surface area contributed by atoms with Crippen LogP contribution in [0.15, 0.2) is 34.7 Å². The van der Waals surface area contributed by atoms with Crippen molar-refractivity contribution in [2.75, 3.05) is 13.7 Å². The third kappa shape index (κ3) is 3.09. The molecule has 3 rings (SSSR count). The number of nitrogens with zero attached hydrogens (tertiary/aromatic N) is 1. The average Bonchev–Trinajstić information content (AvgIpc) is 2.58. The summed E-state index contributed by atoms with van der Waals surface area (Å²) in [5.74, 6) is 1.71. The lowest BCUT2D eigenvalue weighted by Gasteiger charge is -2.29. The highest BCUT2D eigenvalue weighted by Gasteiger charge is 2.28. The van der Waals surface area contributed by atoms with E-state index in [2.05, 4.69) is 0 Å². The molecule has 0 bridgehead atoms. The lowest BCUT2D eigenvalue weighted by Crippen LogP contribution is -2.31. The van der Waals surface area contributed by atoms with Gasteiger partial charge in [0.25, 0.3) is 5.56 Å². The molecule has 1 aliphatic heterocycles. The Morgan fingerprint density at radius 1 is 1.31 bits per heavy atom. The van der Waals surface area contributed by atoms with Crippen LogP contribution in [0.2, 0.25) is 0 Å². The number of benzene rings is 1. The van der Waals surface area contributed by atoms with Crippen LogP contribution in [-0.4, -0.2) is 23.9 Å². The molecule has 0 spiro atoms. The van der Waals surface area contributed by atoms with Gasteiger partial charge in [-0.05, 0) is 58.1 Å². The minimum absolute atomic E-state index is 0.125. The molecule has 0 aliphatic carbocycles. The Morgan fingerprint density at radius 3 is 2.69 bits per heavy atom. The predicted molar refractivity (Wildman–Crippen MR) is 104 cm³/mol. The van der Waals surface area contributed by atoms with Crippen molar-refractivity contribution in [1.82, 2.24) is 4.57 Å². The topological polar surface area (TPSA) is 49.7 Å². The molecule has 0 fully saturated rings. The van der Waals surface area contributed by atoms with E-state index >= 15 is 0 Å². The summed E-state index contributed by atoms with van der Waals surface area (Å²) in [5, 5.41) is 0.826. The number of methoxy groups -OCH3 is 1. The van der Waals surface area contributed by atoms with Crippen LogP contribution in [0.3, 0.4) is 0 Å². The molecule has 1 aromatic heterocycles. The first-order valence-electron chi connectivity index (χ1n) is 8.63. The molecular formula is C21H25NO4. The van der Waals surface area contributed by atoms with Crippen LogP contribution in [0, 0.1) is 0 Å². The maximum Gasteiger partial charge on any atom is 0.261 e. The molecule has 0 atom stereocenters. The van der Waals surface area contributed by atoms with Crippen molar-refractivity contribution in [1.29, 1.82) is 0 Å². The summed E-state index contributed by atoms with van der Waals surface area (Å²) in [6.45, 7) is 8.35. The van der Waals surface area contributed by atoms with Gasteiger partial charge in [-0.1, -0.05) is 5.57 Å². The maximum absolute atomic E-state index is 12.9. The highest BCUT2D eigenvalue weighted by Crippen LogP contribution is 2.42. The Bertz CT molecular complexity index is 976. The highest BCUT2D eigenvalue weighted by molar-refractivity contribution is 5.95. The van der Waals surface area contributed by atoms with Gasteiger partial charge in [0.15, 0.2) is 11.5 Å². The monoisotopic (exact) mass is 355 g/mol. The molecule has 0 saturated carbocycles. The summed E-state index contributed by atoms with van der Waals surface area (Å²) in [6, 6.07) is 3.76. The van der Waals surface area contributed by atoms with E-state index in [0.717, 1.165) is 11.0 Å². The Balaban J connectivity index is 2.30. The van der Waals surface area contributed by atoms with Crippen LogP contribution in [0.25, 0.3) is 17.0 Å². The fourth-order valence-corrected chi connectivity index (χ4v) is 3.02. The lowest BCUT2D eigenvalue weighted by molar-refractivity contribution is 0.161. The predicted octanol–water partition coefficient (Wildman–Crippen LogP) is 4.08. The van der Waals surface area contributed by atoms with Gasteiger partial charge < -0.3 is 18.8 Å². The molecule has 0 radical (unpaired) electrons. The van der Waals surface area contributed by atoms with Gasteiger partial charge in [-0.3, -0.25) is 4.79 Å². The molecule has 5 heteroatoms. The van der Waals surface area contributed by atoms with Crippen molar-refractivity contribution in [3.8, 4) is 17.2 Å². The number of allylic oxidation sites excluding steroid dienone is 1. The number of hydrogen-bond acceptors (Lipinski definition) is 4. The summed E-state index contributed by atoms with van der Waals surface area (Å²) in [7, 11) is 3.33. The quantitative estimate of drug-likeness (QED) is 0.776. The van der Waals surface area contributed by atoms with Gasteiger partial charge in [-0.25, -0.2) is 0 Å². The summed E-state index contributed by atoms with van der Waals surface area (Å²) in [6.07, 6.45) is 5.73. The van der Waals surface area contributed by atoms with Crippen LogP contribution in [0.1, 0.15) is 33.3 Å². The Hall–Kier alpha value is -2.69. The first-order chi connectivity index (χ1) is 12.2. The van der Waals surface area contributed by atoms with Gasteiger partial charge in [0.05, 0.1) is 12.7 Å². The number of fused-ring (bicyclic) bond motifs is 3. The average molecular weight is 355 g/mol. The van der Waals surface area contributed by atoms with Gasteiger partial charge in [-0.15, -0.1) is 0 Å². The van der Waals surface area contributed by atoms with Crippen molar-refractivity contribution in [3.05, 3.63) is 45.8 Å². The van der Waals surface area contributed by atoms with Crippen molar-refractivity contribution in [2.45, 2.75) is 33.3 Å². The zero-order valence-corrected chi connectivity index (χ0v) is 16.2. The van der Waals surface area contributed by atoms with Crippen molar-refractivity contribution in [3.63, 3.8) is 0 Å². The molecule has 2 aromatic rings. The van der Waals surface area contributed by atoms with Crippen molar-refractivity contribution < 1.29 is 14.2 Å². The van der Waals surface area contributed by atoms with Gasteiger partial charge in [0.1, 0.15) is 23.5 Å². The number of rotatable bonds is 4. The SMILES string of the molecule is COc1ccc2c3c(c(=O)n(C)c2c1OCC=C(C)C)C=CC(C)(C)O3. The smallest absolute Gasteiger partial charge is 0.261 e. The zero-order chi connectivity index (χ0) is 19.1. The fourth-order valence-electron chi connectivity index (χ4n) is 3.02. The highest BCUT2D eigenvalue weighted by atomic mass is 16.5. The molecule has 1 aromatic carbocycles. The van der Waals surface area contributed by atoms with Crippen LogP contribution in [0.4, 0.5) is 0 Å². The number of ether oxygens (including phenoxy) is 3. The summed E-state index contributed by atoms with van der Waals surface area (Å²) in [5.41, 5.74) is 1.78. The van der Waals surface area contributed by atoms with Crippen LogP contribution in [0.5, 0.6) is 17.2 Å². The molecule has 0 unspecified atom stereocenters. The van der Waals surface area contributed by atoms with E-state index in [1.807, 2.05) is 58.1 Å². The van der Waals surface area contributed by atoms with Crippen molar-refractivity contribution in [2.24, 2.45) is 7.05 Å². The summed E-state index contributed by atoms with van der Waals surface area (Å²) in [4.78, 5) is 12.9. The first-order valence-corrected chi connectivity index (χ1v) is 8.63. The standard InChI is InChI=1S/C21H25NO4/c1-13(2)10-12-25-19-16(24-6)8-7-14-17(19)22(5)20(23)15-9-11-21(3,4)26-18(14)15/h7-11H,12H2,1-6H3. The molecule has 0 saturated heterocycles. The maximum atomic E-state index is 12.9. The first kappa shape index (κ1) is 18.1. The molecule has 26 heavy (non-hydrogen) atoms. The third-order valence-electron chi connectivity index (χ3n) is 4.41. The second kappa shape index (κ2) is 6.56. The van der Waals surface area contributed by atoms with E-state index in [9.17, 15) is 4.79 Å². The molecule has 2 heterocycles.